The zero-order valence-electron chi connectivity index (χ0n) is 7.47. The van der Waals surface area contributed by atoms with E-state index in [0.29, 0.717) is 5.75 Å². The number of benzene rings is 1. The van der Waals surface area contributed by atoms with E-state index < -0.39 is 0 Å². The average molecular weight is 218 g/mol. The molecule has 1 aromatic rings. The number of fused-ring (bicyclic) bond motifs is 1. The molecule has 0 saturated carbocycles. The Labute approximate surface area is 88.0 Å². The largest absolute Gasteiger partial charge is 0.454 e. The lowest BCUT2D eigenvalue weighted by Gasteiger charge is -2.08. The normalized spacial score (nSPS) is 14.7. The van der Waals surface area contributed by atoms with Crippen molar-refractivity contribution >= 4 is 12.4 Å². The van der Waals surface area contributed by atoms with Crippen molar-refractivity contribution in [2.75, 3.05) is 13.4 Å². The molecule has 0 aromatic heterocycles. The van der Waals surface area contributed by atoms with Gasteiger partial charge in [-0.15, -0.1) is 12.4 Å². The molecular weight excluding hydrogens is 206 g/mol. The topological polar surface area (TPSA) is 64.7 Å². The van der Waals surface area contributed by atoms with Gasteiger partial charge in [0.05, 0.1) is 12.6 Å². The molecule has 0 radical (unpaired) electrons. The van der Waals surface area contributed by atoms with Gasteiger partial charge in [0.1, 0.15) is 0 Å². The Bertz CT molecular complexity index is 319. The summed E-state index contributed by atoms with van der Waals surface area (Å²) in [4.78, 5) is 0. The number of nitrogens with two attached hydrogens (primary N) is 1. The fraction of sp³-hybridized carbons (Fsp3) is 0.333. The third-order valence-corrected chi connectivity index (χ3v) is 2.02. The Hall–Kier alpha value is -0.970. The molecule has 14 heavy (non-hydrogen) atoms. The predicted molar refractivity (Wildman–Crippen MR) is 53.8 cm³/mol. The summed E-state index contributed by atoms with van der Waals surface area (Å²) in [5.74, 6) is 1.43. The zero-order chi connectivity index (χ0) is 9.26. The lowest BCUT2D eigenvalue weighted by Crippen LogP contribution is -2.14. The first-order chi connectivity index (χ1) is 6.31. The highest BCUT2D eigenvalue weighted by Gasteiger charge is 2.15. The Balaban J connectivity index is 0.000000980. The second-order valence-corrected chi connectivity index (χ2v) is 2.90. The molecule has 2 rings (SSSR count). The van der Waals surface area contributed by atoms with Crippen LogP contribution in [0.25, 0.3) is 0 Å². The van der Waals surface area contributed by atoms with Crippen LogP contribution >= 0.6 is 12.4 Å². The second kappa shape index (κ2) is 4.50. The summed E-state index contributed by atoms with van der Waals surface area (Å²) in [6.45, 7) is 0.187. The second-order valence-electron chi connectivity index (χ2n) is 2.90. The van der Waals surface area contributed by atoms with Gasteiger partial charge in [-0.1, -0.05) is 6.07 Å². The van der Waals surface area contributed by atoms with Crippen molar-refractivity contribution < 1.29 is 14.6 Å². The Morgan fingerprint density at radius 3 is 2.79 bits per heavy atom. The summed E-state index contributed by atoms with van der Waals surface area (Å²) in [5, 5.41) is 8.84. The monoisotopic (exact) mass is 217 g/mol. The predicted octanol–water partition coefficient (Wildman–Crippen LogP) is 0.829. The van der Waals surface area contributed by atoms with Crippen LogP contribution in [0.15, 0.2) is 18.2 Å². The Kier molecular flexibility index (Phi) is 3.57. The zero-order valence-corrected chi connectivity index (χ0v) is 8.29. The van der Waals surface area contributed by atoms with Crippen LogP contribution < -0.4 is 15.2 Å². The molecule has 0 fully saturated rings. The lowest BCUT2D eigenvalue weighted by atomic mass is 10.1. The van der Waals surface area contributed by atoms with Crippen molar-refractivity contribution in [3.63, 3.8) is 0 Å². The number of aliphatic hydroxyl groups is 1. The molecule has 78 valence electrons. The van der Waals surface area contributed by atoms with Crippen LogP contribution in [0.4, 0.5) is 0 Å². The molecule has 0 spiro atoms. The fourth-order valence-electron chi connectivity index (χ4n) is 1.25. The van der Waals surface area contributed by atoms with E-state index in [9.17, 15) is 0 Å². The molecule has 0 amide bonds. The number of rotatable bonds is 2. The van der Waals surface area contributed by atoms with Crippen LogP contribution in [-0.4, -0.2) is 18.5 Å². The van der Waals surface area contributed by atoms with Crippen molar-refractivity contribution in [2.45, 2.75) is 6.04 Å². The maximum atomic E-state index is 8.84. The first-order valence-electron chi connectivity index (χ1n) is 4.07. The van der Waals surface area contributed by atoms with E-state index in [-0.39, 0.29) is 31.8 Å². The molecule has 0 aliphatic carbocycles. The molecule has 1 heterocycles. The summed E-state index contributed by atoms with van der Waals surface area (Å²) >= 11 is 0. The highest BCUT2D eigenvalue weighted by atomic mass is 35.5. The Morgan fingerprint density at radius 1 is 1.36 bits per heavy atom. The third kappa shape index (κ3) is 1.92. The van der Waals surface area contributed by atoms with Crippen LogP contribution in [0.3, 0.4) is 0 Å². The highest BCUT2D eigenvalue weighted by Crippen LogP contribution is 2.33. The van der Waals surface area contributed by atoms with Gasteiger partial charge >= 0.3 is 0 Å². The SMILES string of the molecule is Cl.NC(CO)c1ccc2c(c1)OCO2. The molecule has 0 saturated heterocycles. The van der Waals surface area contributed by atoms with Gasteiger partial charge in [-0.3, -0.25) is 0 Å². The molecule has 3 N–H and O–H groups in total. The van der Waals surface area contributed by atoms with Gasteiger partial charge in [0.25, 0.3) is 0 Å². The van der Waals surface area contributed by atoms with Gasteiger partial charge < -0.3 is 20.3 Å². The van der Waals surface area contributed by atoms with Crippen molar-refractivity contribution in [1.29, 1.82) is 0 Å². The van der Waals surface area contributed by atoms with E-state index in [1.165, 1.54) is 0 Å². The maximum Gasteiger partial charge on any atom is 0.231 e. The molecule has 1 atom stereocenters. The molecule has 1 aliphatic rings. The van der Waals surface area contributed by atoms with Crippen molar-refractivity contribution in [1.82, 2.24) is 0 Å². The summed E-state index contributed by atoms with van der Waals surface area (Å²) < 4.78 is 10.3. The van der Waals surface area contributed by atoms with Crippen LogP contribution in [-0.2, 0) is 0 Å². The van der Waals surface area contributed by atoms with E-state index in [2.05, 4.69) is 0 Å². The molecule has 4 nitrogen and oxygen atoms in total. The molecule has 0 bridgehead atoms. The van der Waals surface area contributed by atoms with Crippen LogP contribution in [0.1, 0.15) is 11.6 Å². The molecule has 5 heteroatoms. The van der Waals surface area contributed by atoms with Gasteiger partial charge in [-0.25, -0.2) is 0 Å². The average Bonchev–Trinajstić information content (AvgIpc) is 2.63. The number of ether oxygens (including phenoxy) is 2. The van der Waals surface area contributed by atoms with Gasteiger partial charge in [-0.05, 0) is 17.7 Å². The van der Waals surface area contributed by atoms with Gasteiger partial charge in [0, 0.05) is 0 Å². The van der Waals surface area contributed by atoms with E-state index in [4.69, 9.17) is 20.3 Å². The molecule has 1 aromatic carbocycles. The van der Waals surface area contributed by atoms with Gasteiger partial charge in [0.15, 0.2) is 11.5 Å². The van der Waals surface area contributed by atoms with Crippen molar-refractivity contribution in [2.24, 2.45) is 5.73 Å². The molecule has 1 unspecified atom stereocenters. The highest BCUT2D eigenvalue weighted by molar-refractivity contribution is 5.85. The van der Waals surface area contributed by atoms with E-state index >= 15 is 0 Å². The Morgan fingerprint density at radius 2 is 2.07 bits per heavy atom. The number of aliphatic hydroxyl groups excluding tert-OH is 1. The first kappa shape index (κ1) is 11.1. The number of halogens is 1. The number of hydrogen-bond donors (Lipinski definition) is 2. The summed E-state index contributed by atoms with van der Waals surface area (Å²) in [6.07, 6.45) is 0. The first-order valence-corrected chi connectivity index (χ1v) is 4.07. The minimum absolute atomic E-state index is 0. The summed E-state index contributed by atoms with van der Waals surface area (Å²) in [7, 11) is 0. The smallest absolute Gasteiger partial charge is 0.231 e. The van der Waals surface area contributed by atoms with Gasteiger partial charge in [-0.2, -0.15) is 0 Å². The van der Waals surface area contributed by atoms with Crippen molar-refractivity contribution in [3.05, 3.63) is 23.8 Å². The van der Waals surface area contributed by atoms with Crippen LogP contribution in [0.2, 0.25) is 0 Å². The van der Waals surface area contributed by atoms with E-state index in [1.807, 2.05) is 6.07 Å². The van der Waals surface area contributed by atoms with E-state index in [0.717, 1.165) is 11.3 Å². The van der Waals surface area contributed by atoms with E-state index in [1.54, 1.807) is 12.1 Å². The standard InChI is InChI=1S/C9H11NO3.ClH/c10-7(4-11)6-1-2-8-9(3-6)13-5-12-8;/h1-3,7,11H,4-5,10H2;1H. The summed E-state index contributed by atoms with van der Waals surface area (Å²) in [5.41, 5.74) is 6.50. The minimum Gasteiger partial charge on any atom is -0.454 e. The van der Waals surface area contributed by atoms with Crippen LogP contribution in [0.5, 0.6) is 11.5 Å². The third-order valence-electron chi connectivity index (χ3n) is 2.02. The fourth-order valence-corrected chi connectivity index (χ4v) is 1.25. The lowest BCUT2D eigenvalue weighted by molar-refractivity contribution is 0.174. The van der Waals surface area contributed by atoms with Crippen molar-refractivity contribution in [3.8, 4) is 11.5 Å². The molecular formula is C9H12ClNO3. The van der Waals surface area contributed by atoms with Crippen LogP contribution in [0, 0.1) is 0 Å². The molecule has 1 aliphatic heterocycles. The summed E-state index contributed by atoms with van der Waals surface area (Å²) in [6, 6.07) is 5.07. The number of hydrogen-bond acceptors (Lipinski definition) is 4. The van der Waals surface area contributed by atoms with Gasteiger partial charge in [0.2, 0.25) is 6.79 Å². The maximum absolute atomic E-state index is 8.84. The minimum atomic E-state index is -0.352. The quantitative estimate of drug-likeness (QED) is 0.770.